The molecular formula is C15H21N3O4S. The van der Waals surface area contributed by atoms with Gasteiger partial charge >= 0.3 is 0 Å². The maximum atomic E-state index is 12.0. The van der Waals surface area contributed by atoms with E-state index >= 15 is 0 Å². The zero-order valence-corrected chi connectivity index (χ0v) is 14.0. The highest BCUT2D eigenvalue weighted by molar-refractivity contribution is 7.90. The molecule has 2 amide bonds. The lowest BCUT2D eigenvalue weighted by molar-refractivity contribution is -0.123. The summed E-state index contributed by atoms with van der Waals surface area (Å²) in [7, 11) is -1.76. The van der Waals surface area contributed by atoms with Crippen LogP contribution in [-0.4, -0.2) is 57.6 Å². The lowest BCUT2D eigenvalue weighted by atomic mass is 10.3. The van der Waals surface area contributed by atoms with Gasteiger partial charge in [-0.05, 0) is 32.0 Å². The molecule has 1 aromatic rings. The molecule has 7 nitrogen and oxygen atoms in total. The number of carbonyl (C=O) groups excluding carboxylic acids is 2. The van der Waals surface area contributed by atoms with Crippen molar-refractivity contribution in [1.82, 2.24) is 10.2 Å². The van der Waals surface area contributed by atoms with Crippen LogP contribution in [0.3, 0.4) is 0 Å². The van der Waals surface area contributed by atoms with Crippen molar-refractivity contribution in [3.05, 3.63) is 24.3 Å². The first-order valence-corrected chi connectivity index (χ1v) is 9.21. The lowest BCUT2D eigenvalue weighted by Gasteiger charge is -2.16. The third kappa shape index (κ3) is 5.65. The summed E-state index contributed by atoms with van der Waals surface area (Å²) in [5, 5.41) is 5.43. The minimum absolute atomic E-state index is 0.00379. The number of sulfone groups is 1. The van der Waals surface area contributed by atoms with Crippen molar-refractivity contribution >= 4 is 27.3 Å². The Hall–Kier alpha value is -1.93. The Labute approximate surface area is 136 Å². The summed E-state index contributed by atoms with van der Waals surface area (Å²) >= 11 is 0. The van der Waals surface area contributed by atoms with Crippen LogP contribution in [0, 0.1) is 0 Å². The van der Waals surface area contributed by atoms with E-state index in [0.29, 0.717) is 0 Å². The van der Waals surface area contributed by atoms with E-state index in [9.17, 15) is 18.0 Å². The molecule has 1 saturated carbocycles. The van der Waals surface area contributed by atoms with E-state index < -0.39 is 9.84 Å². The second-order valence-corrected chi connectivity index (χ2v) is 7.81. The fourth-order valence-corrected chi connectivity index (χ4v) is 2.97. The SMILES string of the molecule is CN(CC(=O)Nc1ccccc1S(C)(=O)=O)CC(=O)NC1CC1. The summed E-state index contributed by atoms with van der Waals surface area (Å²) in [4.78, 5) is 25.4. The number of nitrogens with one attached hydrogen (secondary N) is 2. The normalized spacial score (nSPS) is 14.6. The highest BCUT2D eigenvalue weighted by Gasteiger charge is 2.24. The van der Waals surface area contributed by atoms with Gasteiger partial charge in [0.25, 0.3) is 0 Å². The van der Waals surface area contributed by atoms with Crippen LogP contribution in [0.25, 0.3) is 0 Å². The molecule has 0 atom stereocenters. The molecule has 8 heteroatoms. The van der Waals surface area contributed by atoms with E-state index in [1.165, 1.54) is 12.1 Å². The maximum Gasteiger partial charge on any atom is 0.238 e. The summed E-state index contributed by atoms with van der Waals surface area (Å²) < 4.78 is 23.4. The minimum Gasteiger partial charge on any atom is -0.352 e. The molecule has 126 valence electrons. The smallest absolute Gasteiger partial charge is 0.238 e. The maximum absolute atomic E-state index is 12.0. The van der Waals surface area contributed by atoms with Crippen molar-refractivity contribution in [2.75, 3.05) is 31.7 Å². The summed E-state index contributed by atoms with van der Waals surface area (Å²) in [6, 6.07) is 6.51. The standard InChI is InChI=1S/C15H21N3O4S/c1-18(9-14(19)16-11-7-8-11)10-15(20)17-12-5-3-4-6-13(12)23(2,21)22/h3-6,11H,7-10H2,1-2H3,(H,16,19)(H,17,20). The van der Waals surface area contributed by atoms with Crippen LogP contribution < -0.4 is 10.6 Å². The lowest BCUT2D eigenvalue weighted by Crippen LogP contribution is -2.39. The molecule has 1 fully saturated rings. The molecule has 0 bridgehead atoms. The third-order valence-electron chi connectivity index (χ3n) is 3.33. The first kappa shape index (κ1) is 17.4. The monoisotopic (exact) mass is 339 g/mol. The van der Waals surface area contributed by atoms with Gasteiger partial charge in [0, 0.05) is 12.3 Å². The molecule has 0 saturated heterocycles. The number of rotatable bonds is 7. The number of anilines is 1. The van der Waals surface area contributed by atoms with Crippen LogP contribution in [-0.2, 0) is 19.4 Å². The van der Waals surface area contributed by atoms with Gasteiger partial charge in [0.05, 0.1) is 23.7 Å². The number of para-hydroxylation sites is 1. The largest absolute Gasteiger partial charge is 0.352 e. The number of likely N-dealkylation sites (N-methyl/N-ethyl adjacent to an activating group) is 1. The van der Waals surface area contributed by atoms with Crippen molar-refractivity contribution < 1.29 is 18.0 Å². The van der Waals surface area contributed by atoms with E-state index in [4.69, 9.17) is 0 Å². The summed E-state index contributed by atoms with van der Waals surface area (Å²) in [5.41, 5.74) is 0.246. The number of amides is 2. The second kappa shape index (κ2) is 7.10. The van der Waals surface area contributed by atoms with Crippen molar-refractivity contribution in [2.24, 2.45) is 0 Å². The Morgan fingerprint density at radius 2 is 1.78 bits per heavy atom. The van der Waals surface area contributed by atoms with Gasteiger partial charge in [-0.1, -0.05) is 12.1 Å². The number of carbonyl (C=O) groups is 2. The quantitative estimate of drug-likeness (QED) is 0.742. The van der Waals surface area contributed by atoms with Crippen LogP contribution in [0.4, 0.5) is 5.69 Å². The topological polar surface area (TPSA) is 95.6 Å². The molecule has 0 aromatic heterocycles. The highest BCUT2D eigenvalue weighted by atomic mass is 32.2. The fourth-order valence-electron chi connectivity index (χ4n) is 2.13. The van der Waals surface area contributed by atoms with Crippen LogP contribution in [0.15, 0.2) is 29.2 Å². The second-order valence-electron chi connectivity index (χ2n) is 5.83. The Morgan fingerprint density at radius 3 is 2.39 bits per heavy atom. The van der Waals surface area contributed by atoms with Crippen molar-refractivity contribution in [2.45, 2.75) is 23.8 Å². The molecule has 2 rings (SSSR count). The summed E-state index contributed by atoms with van der Waals surface area (Å²) in [6.07, 6.45) is 3.11. The first-order valence-electron chi connectivity index (χ1n) is 7.32. The number of hydrogen-bond donors (Lipinski definition) is 2. The van der Waals surface area contributed by atoms with Gasteiger partial charge in [-0.3, -0.25) is 14.5 Å². The van der Waals surface area contributed by atoms with Gasteiger partial charge < -0.3 is 10.6 Å². The molecule has 2 N–H and O–H groups in total. The van der Waals surface area contributed by atoms with E-state index in [0.717, 1.165) is 19.1 Å². The Morgan fingerprint density at radius 1 is 1.17 bits per heavy atom. The Balaban J connectivity index is 1.90. The van der Waals surface area contributed by atoms with E-state index in [1.807, 2.05) is 0 Å². The molecule has 1 aliphatic carbocycles. The summed E-state index contributed by atoms with van der Waals surface area (Å²) in [6.45, 7) is 0.119. The predicted molar refractivity (Wildman–Crippen MR) is 86.8 cm³/mol. The number of benzene rings is 1. The third-order valence-corrected chi connectivity index (χ3v) is 4.49. The molecule has 1 aromatic carbocycles. The molecule has 0 heterocycles. The average molecular weight is 339 g/mol. The van der Waals surface area contributed by atoms with Crippen LogP contribution in [0.5, 0.6) is 0 Å². The Bertz CT molecular complexity index is 698. The average Bonchev–Trinajstić information content (AvgIpc) is 3.21. The van der Waals surface area contributed by atoms with Gasteiger partial charge in [-0.2, -0.15) is 0 Å². The van der Waals surface area contributed by atoms with E-state index in [2.05, 4.69) is 10.6 Å². The predicted octanol–water partition coefficient (Wildman–Crippen LogP) is 0.239. The molecule has 0 radical (unpaired) electrons. The molecule has 23 heavy (non-hydrogen) atoms. The number of hydrogen-bond acceptors (Lipinski definition) is 5. The van der Waals surface area contributed by atoms with Crippen molar-refractivity contribution in [3.63, 3.8) is 0 Å². The fraction of sp³-hybridized carbons (Fsp3) is 0.467. The Kier molecular flexibility index (Phi) is 5.38. The van der Waals surface area contributed by atoms with Crippen LogP contribution >= 0.6 is 0 Å². The zero-order valence-electron chi connectivity index (χ0n) is 13.2. The van der Waals surface area contributed by atoms with Gasteiger partial charge in [0.15, 0.2) is 9.84 Å². The first-order chi connectivity index (χ1) is 10.8. The van der Waals surface area contributed by atoms with E-state index in [-0.39, 0.29) is 41.5 Å². The van der Waals surface area contributed by atoms with Crippen LogP contribution in [0.2, 0.25) is 0 Å². The summed E-state index contributed by atoms with van der Waals surface area (Å²) in [5.74, 6) is -0.484. The molecule has 1 aliphatic rings. The molecular weight excluding hydrogens is 318 g/mol. The molecule has 0 unspecified atom stereocenters. The zero-order chi connectivity index (χ0) is 17.0. The van der Waals surface area contributed by atoms with Gasteiger partial charge in [0.2, 0.25) is 11.8 Å². The highest BCUT2D eigenvalue weighted by Crippen LogP contribution is 2.20. The molecule has 0 spiro atoms. The van der Waals surface area contributed by atoms with Gasteiger partial charge in [0.1, 0.15) is 0 Å². The molecule has 0 aliphatic heterocycles. The van der Waals surface area contributed by atoms with E-state index in [1.54, 1.807) is 24.1 Å². The van der Waals surface area contributed by atoms with Gasteiger partial charge in [-0.15, -0.1) is 0 Å². The van der Waals surface area contributed by atoms with Gasteiger partial charge in [-0.25, -0.2) is 8.42 Å². The van der Waals surface area contributed by atoms with Crippen LogP contribution in [0.1, 0.15) is 12.8 Å². The van der Waals surface area contributed by atoms with Crippen molar-refractivity contribution in [1.29, 1.82) is 0 Å². The number of nitrogens with zero attached hydrogens (tertiary/aromatic N) is 1. The van der Waals surface area contributed by atoms with Crippen molar-refractivity contribution in [3.8, 4) is 0 Å². The minimum atomic E-state index is -3.43.